The van der Waals surface area contributed by atoms with Gasteiger partial charge in [-0.25, -0.2) is 4.79 Å². The number of carbonyl (C=O) groups is 1. The van der Waals surface area contributed by atoms with Gasteiger partial charge in [0, 0.05) is 6.92 Å². The molecule has 2 aromatic rings. The van der Waals surface area contributed by atoms with Crippen molar-refractivity contribution in [1.29, 1.82) is 0 Å². The van der Waals surface area contributed by atoms with Gasteiger partial charge in [0.25, 0.3) is 5.89 Å². The predicted octanol–water partition coefficient (Wildman–Crippen LogP) is 2.31. The average Bonchev–Trinajstić information content (AvgIpc) is 2.73. The molecule has 0 radical (unpaired) electrons. The van der Waals surface area contributed by atoms with Crippen LogP contribution in [0.4, 0.5) is 0 Å². The fourth-order valence-electron chi connectivity index (χ4n) is 1.29. The van der Waals surface area contributed by atoms with Crippen molar-refractivity contribution < 1.29 is 19.1 Å². The van der Waals surface area contributed by atoms with Gasteiger partial charge in [0.2, 0.25) is 5.89 Å². The Hall–Kier alpha value is -2.08. The molecule has 0 spiro atoms. The molecule has 0 atom stereocenters. The SMILES string of the molecule is Cc1nnc(COc2ccc(C(=O)O)cc2Cl)o1. The highest BCUT2D eigenvalue weighted by molar-refractivity contribution is 6.32. The molecule has 2 rings (SSSR count). The third kappa shape index (κ3) is 2.78. The molecular formula is C11H9ClN2O4. The maximum atomic E-state index is 10.7. The molecule has 0 unspecified atom stereocenters. The molecule has 94 valence electrons. The van der Waals surface area contributed by atoms with Gasteiger partial charge in [-0.05, 0) is 18.2 Å². The van der Waals surface area contributed by atoms with Gasteiger partial charge in [-0.2, -0.15) is 0 Å². The largest absolute Gasteiger partial charge is 0.482 e. The van der Waals surface area contributed by atoms with Crippen LogP contribution in [0, 0.1) is 6.92 Å². The first kappa shape index (κ1) is 12.4. The quantitative estimate of drug-likeness (QED) is 0.916. The van der Waals surface area contributed by atoms with E-state index in [1.165, 1.54) is 18.2 Å². The lowest BCUT2D eigenvalue weighted by Gasteiger charge is -2.06. The van der Waals surface area contributed by atoms with E-state index in [0.717, 1.165) is 0 Å². The molecule has 6 nitrogen and oxygen atoms in total. The van der Waals surface area contributed by atoms with Crippen molar-refractivity contribution in [2.45, 2.75) is 13.5 Å². The number of carboxylic acid groups (broad SMARTS) is 1. The van der Waals surface area contributed by atoms with E-state index in [9.17, 15) is 4.79 Å². The topological polar surface area (TPSA) is 85.5 Å². The van der Waals surface area contributed by atoms with Gasteiger partial charge in [-0.15, -0.1) is 10.2 Å². The highest BCUT2D eigenvalue weighted by atomic mass is 35.5. The van der Waals surface area contributed by atoms with Crippen LogP contribution in [0.5, 0.6) is 5.75 Å². The molecule has 0 amide bonds. The molecule has 0 aliphatic carbocycles. The number of benzene rings is 1. The summed E-state index contributed by atoms with van der Waals surface area (Å²) in [5.41, 5.74) is 0.0981. The lowest BCUT2D eigenvalue weighted by atomic mass is 10.2. The van der Waals surface area contributed by atoms with Crippen molar-refractivity contribution in [3.63, 3.8) is 0 Å². The zero-order valence-corrected chi connectivity index (χ0v) is 10.1. The number of hydrogen-bond acceptors (Lipinski definition) is 5. The Balaban J connectivity index is 2.08. The predicted molar refractivity (Wildman–Crippen MR) is 61.8 cm³/mol. The number of ether oxygens (including phenoxy) is 1. The van der Waals surface area contributed by atoms with Crippen molar-refractivity contribution in [3.05, 3.63) is 40.6 Å². The maximum absolute atomic E-state index is 10.7. The van der Waals surface area contributed by atoms with Gasteiger partial charge in [0.05, 0.1) is 10.6 Å². The van der Waals surface area contributed by atoms with E-state index < -0.39 is 5.97 Å². The summed E-state index contributed by atoms with van der Waals surface area (Å²) in [4.78, 5) is 10.7. The number of aromatic carboxylic acids is 1. The number of hydrogen-bond donors (Lipinski definition) is 1. The Morgan fingerprint density at radius 2 is 2.28 bits per heavy atom. The normalized spacial score (nSPS) is 10.3. The standard InChI is InChI=1S/C11H9ClN2O4/c1-6-13-14-10(18-6)5-17-9-3-2-7(11(15)16)4-8(9)12/h2-4H,5H2,1H3,(H,15,16). The number of nitrogens with zero attached hydrogens (tertiary/aromatic N) is 2. The molecule has 0 saturated heterocycles. The molecule has 1 N–H and O–H groups in total. The lowest BCUT2D eigenvalue weighted by Crippen LogP contribution is -1.99. The van der Waals surface area contributed by atoms with Gasteiger partial charge in [-0.1, -0.05) is 11.6 Å². The first-order chi connectivity index (χ1) is 8.56. The van der Waals surface area contributed by atoms with Crippen LogP contribution in [0.25, 0.3) is 0 Å². The van der Waals surface area contributed by atoms with Gasteiger partial charge in [-0.3, -0.25) is 0 Å². The van der Waals surface area contributed by atoms with Crippen LogP contribution >= 0.6 is 11.6 Å². The molecule has 7 heteroatoms. The van der Waals surface area contributed by atoms with Gasteiger partial charge < -0.3 is 14.3 Å². The monoisotopic (exact) mass is 268 g/mol. The number of halogens is 1. The van der Waals surface area contributed by atoms with Gasteiger partial charge in [0.1, 0.15) is 5.75 Å². The zero-order chi connectivity index (χ0) is 13.1. The average molecular weight is 269 g/mol. The van der Waals surface area contributed by atoms with E-state index in [1.54, 1.807) is 6.92 Å². The van der Waals surface area contributed by atoms with Crippen LogP contribution in [-0.4, -0.2) is 21.3 Å². The molecule has 0 aliphatic heterocycles. The Morgan fingerprint density at radius 1 is 1.50 bits per heavy atom. The van der Waals surface area contributed by atoms with Crippen LogP contribution < -0.4 is 4.74 Å². The van der Waals surface area contributed by atoms with Crippen molar-refractivity contribution in [2.75, 3.05) is 0 Å². The molecule has 18 heavy (non-hydrogen) atoms. The van der Waals surface area contributed by atoms with Crippen LogP contribution in [0.3, 0.4) is 0 Å². The first-order valence-electron chi connectivity index (χ1n) is 5.01. The lowest BCUT2D eigenvalue weighted by molar-refractivity contribution is 0.0697. The van der Waals surface area contributed by atoms with Crippen LogP contribution in [0.2, 0.25) is 5.02 Å². The zero-order valence-electron chi connectivity index (χ0n) is 9.38. The summed E-state index contributed by atoms with van der Waals surface area (Å²) in [5.74, 6) is 0.0836. The summed E-state index contributed by atoms with van der Waals surface area (Å²) in [6, 6.07) is 4.20. The van der Waals surface area contributed by atoms with Gasteiger partial charge in [0.15, 0.2) is 6.61 Å². The van der Waals surface area contributed by atoms with Crippen molar-refractivity contribution in [1.82, 2.24) is 10.2 Å². The van der Waals surface area contributed by atoms with E-state index in [4.69, 9.17) is 25.9 Å². The third-order valence-corrected chi connectivity index (χ3v) is 2.39. The maximum Gasteiger partial charge on any atom is 0.335 e. The minimum atomic E-state index is -1.05. The van der Waals surface area contributed by atoms with Crippen molar-refractivity contribution >= 4 is 17.6 Å². The first-order valence-corrected chi connectivity index (χ1v) is 5.38. The fourth-order valence-corrected chi connectivity index (χ4v) is 1.52. The van der Waals surface area contributed by atoms with E-state index in [-0.39, 0.29) is 17.2 Å². The summed E-state index contributed by atoms with van der Waals surface area (Å²) < 4.78 is 10.5. The second-order valence-corrected chi connectivity index (χ2v) is 3.86. The molecule has 0 saturated carbocycles. The second-order valence-electron chi connectivity index (χ2n) is 3.45. The molecule has 0 aliphatic rings. The molecule has 1 aromatic carbocycles. The summed E-state index contributed by atoms with van der Waals surface area (Å²) >= 11 is 5.89. The number of rotatable bonds is 4. The molecule has 1 aromatic heterocycles. The minimum Gasteiger partial charge on any atom is -0.482 e. The molecule has 0 fully saturated rings. The molecular weight excluding hydrogens is 260 g/mol. The molecule has 1 heterocycles. The van der Waals surface area contributed by atoms with E-state index in [0.29, 0.717) is 17.5 Å². The summed E-state index contributed by atoms with van der Waals surface area (Å²) in [5, 5.41) is 16.4. The van der Waals surface area contributed by atoms with Crippen molar-refractivity contribution in [3.8, 4) is 5.75 Å². The Labute approximate surface area is 107 Å². The minimum absolute atomic E-state index is 0.0764. The summed E-state index contributed by atoms with van der Waals surface area (Å²) in [6.45, 7) is 1.75. The number of aromatic nitrogens is 2. The highest BCUT2D eigenvalue weighted by Gasteiger charge is 2.09. The van der Waals surface area contributed by atoms with E-state index in [1.807, 2.05) is 0 Å². The Bertz CT molecular complexity index is 582. The van der Waals surface area contributed by atoms with Gasteiger partial charge >= 0.3 is 5.97 Å². The summed E-state index contributed by atoms with van der Waals surface area (Å²) in [6.07, 6.45) is 0. The van der Waals surface area contributed by atoms with Crippen LogP contribution in [0.15, 0.2) is 22.6 Å². The number of aryl methyl sites for hydroxylation is 1. The second kappa shape index (κ2) is 5.05. The van der Waals surface area contributed by atoms with E-state index in [2.05, 4.69) is 10.2 Å². The highest BCUT2D eigenvalue weighted by Crippen LogP contribution is 2.26. The van der Waals surface area contributed by atoms with Crippen LogP contribution in [0.1, 0.15) is 22.1 Å². The van der Waals surface area contributed by atoms with Crippen LogP contribution in [-0.2, 0) is 6.61 Å². The smallest absolute Gasteiger partial charge is 0.335 e. The Morgan fingerprint density at radius 3 is 2.83 bits per heavy atom. The van der Waals surface area contributed by atoms with Crippen molar-refractivity contribution in [2.24, 2.45) is 0 Å². The van der Waals surface area contributed by atoms with E-state index >= 15 is 0 Å². The fraction of sp³-hybridized carbons (Fsp3) is 0.182. The number of carboxylic acids is 1. The summed E-state index contributed by atoms with van der Waals surface area (Å²) in [7, 11) is 0. The third-order valence-electron chi connectivity index (χ3n) is 2.10. The molecule has 0 bridgehead atoms. The Kier molecular flexibility index (Phi) is 3.47.